The van der Waals surface area contributed by atoms with Crippen LogP contribution in [0.5, 0.6) is 5.75 Å². The number of benzene rings is 1. The van der Waals surface area contributed by atoms with E-state index in [1.165, 1.54) is 6.08 Å². The minimum Gasteiger partial charge on any atom is -0.494 e. The number of carbonyl (C=O) groups is 2. The molecule has 6 nitrogen and oxygen atoms in total. The van der Waals surface area contributed by atoms with Crippen LogP contribution >= 0.6 is 0 Å². The van der Waals surface area contributed by atoms with E-state index in [2.05, 4.69) is 16.5 Å². The molecule has 3 amide bonds. The summed E-state index contributed by atoms with van der Waals surface area (Å²) in [7, 11) is 0. The Balaban J connectivity index is 1.93. The number of carbonyl (C=O) groups excluding carboxylic acids is 2. The van der Waals surface area contributed by atoms with Crippen molar-refractivity contribution in [3.8, 4) is 11.4 Å². The average Bonchev–Trinajstić information content (AvgIpc) is 3.07. The molecule has 1 saturated heterocycles. The standard InChI is InChI=1S/C21H23N3O3/c1-5-11-23-20(25)19(22-21(23)26)13-16-12-14(3)24(15(16)4)17-7-9-18(10-8-17)27-6-2/h5,7-10,12-13H,1,6,11H2,2-4H3,(H,22,26)/b19-13+. The number of nitrogens with one attached hydrogen (secondary N) is 1. The Morgan fingerprint density at radius 3 is 2.52 bits per heavy atom. The number of aryl methyl sites for hydroxylation is 1. The second-order valence-corrected chi connectivity index (χ2v) is 6.28. The fourth-order valence-corrected chi connectivity index (χ4v) is 3.21. The lowest BCUT2D eigenvalue weighted by molar-refractivity contribution is -0.122. The topological polar surface area (TPSA) is 63.6 Å². The molecule has 1 aromatic carbocycles. The van der Waals surface area contributed by atoms with Gasteiger partial charge in [0.1, 0.15) is 11.4 Å². The van der Waals surface area contributed by atoms with Crippen LogP contribution in [0.4, 0.5) is 4.79 Å². The number of hydrogen-bond acceptors (Lipinski definition) is 3. The van der Waals surface area contributed by atoms with Crippen LogP contribution in [0.15, 0.2) is 48.7 Å². The zero-order chi connectivity index (χ0) is 19.6. The van der Waals surface area contributed by atoms with Crippen LogP contribution in [0.3, 0.4) is 0 Å². The van der Waals surface area contributed by atoms with Gasteiger partial charge in [-0.25, -0.2) is 4.79 Å². The summed E-state index contributed by atoms with van der Waals surface area (Å²) in [5, 5.41) is 2.63. The van der Waals surface area contributed by atoms with Crippen molar-refractivity contribution in [2.45, 2.75) is 20.8 Å². The van der Waals surface area contributed by atoms with Gasteiger partial charge >= 0.3 is 6.03 Å². The summed E-state index contributed by atoms with van der Waals surface area (Å²) >= 11 is 0. The Hall–Kier alpha value is -3.28. The quantitative estimate of drug-likeness (QED) is 0.484. The number of nitrogens with zero attached hydrogens (tertiary/aromatic N) is 2. The van der Waals surface area contributed by atoms with Crippen molar-refractivity contribution in [1.29, 1.82) is 0 Å². The zero-order valence-electron chi connectivity index (χ0n) is 15.8. The van der Waals surface area contributed by atoms with Gasteiger partial charge in [0.05, 0.1) is 6.61 Å². The molecule has 1 aliphatic heterocycles. The van der Waals surface area contributed by atoms with E-state index in [0.717, 1.165) is 33.3 Å². The van der Waals surface area contributed by atoms with Crippen LogP contribution in [0.2, 0.25) is 0 Å². The molecule has 0 unspecified atom stereocenters. The van der Waals surface area contributed by atoms with E-state index in [1.807, 2.05) is 51.1 Å². The smallest absolute Gasteiger partial charge is 0.329 e. The molecule has 6 heteroatoms. The number of aromatic nitrogens is 1. The Morgan fingerprint density at radius 1 is 1.19 bits per heavy atom. The number of amides is 3. The maximum absolute atomic E-state index is 12.4. The van der Waals surface area contributed by atoms with E-state index in [1.54, 1.807) is 6.08 Å². The van der Waals surface area contributed by atoms with Crippen molar-refractivity contribution in [1.82, 2.24) is 14.8 Å². The van der Waals surface area contributed by atoms with E-state index in [9.17, 15) is 9.59 Å². The lowest BCUT2D eigenvalue weighted by atomic mass is 10.2. The summed E-state index contributed by atoms with van der Waals surface area (Å²) in [6, 6.07) is 9.43. The third-order valence-corrected chi connectivity index (χ3v) is 4.45. The Kier molecular flexibility index (Phi) is 5.16. The Morgan fingerprint density at radius 2 is 1.89 bits per heavy atom. The van der Waals surface area contributed by atoms with Crippen LogP contribution in [-0.2, 0) is 4.79 Å². The van der Waals surface area contributed by atoms with Crippen LogP contribution in [0.1, 0.15) is 23.9 Å². The van der Waals surface area contributed by atoms with E-state index >= 15 is 0 Å². The second kappa shape index (κ2) is 7.53. The molecule has 1 aliphatic rings. The highest BCUT2D eigenvalue weighted by molar-refractivity contribution is 6.14. The number of hydrogen-bond donors (Lipinski definition) is 1. The van der Waals surface area contributed by atoms with Gasteiger partial charge < -0.3 is 14.6 Å². The first-order chi connectivity index (χ1) is 13.0. The first-order valence-corrected chi connectivity index (χ1v) is 8.83. The highest BCUT2D eigenvalue weighted by atomic mass is 16.5. The molecule has 3 rings (SSSR count). The van der Waals surface area contributed by atoms with Gasteiger partial charge in [-0.3, -0.25) is 9.69 Å². The van der Waals surface area contributed by atoms with E-state index < -0.39 is 6.03 Å². The van der Waals surface area contributed by atoms with Gasteiger partial charge in [0, 0.05) is 23.6 Å². The molecule has 1 aromatic heterocycles. The molecule has 1 fully saturated rings. The number of rotatable bonds is 6. The van der Waals surface area contributed by atoms with Crippen LogP contribution in [0, 0.1) is 13.8 Å². The molecule has 1 N–H and O–H groups in total. The monoisotopic (exact) mass is 365 g/mol. The molecule has 140 valence electrons. The number of ether oxygens (including phenoxy) is 1. The van der Waals surface area contributed by atoms with Crippen LogP contribution in [-0.4, -0.2) is 34.6 Å². The molecule has 0 spiro atoms. The summed E-state index contributed by atoms with van der Waals surface area (Å²) in [4.78, 5) is 25.4. The summed E-state index contributed by atoms with van der Waals surface area (Å²) in [6.45, 7) is 10.3. The Bertz CT molecular complexity index is 923. The van der Waals surface area contributed by atoms with Gasteiger partial charge in [0.15, 0.2) is 0 Å². The third kappa shape index (κ3) is 3.51. The molecule has 0 atom stereocenters. The van der Waals surface area contributed by atoms with Gasteiger partial charge in [-0.1, -0.05) is 6.08 Å². The van der Waals surface area contributed by atoms with Crippen molar-refractivity contribution in [3.05, 3.63) is 65.6 Å². The van der Waals surface area contributed by atoms with Crippen molar-refractivity contribution in [3.63, 3.8) is 0 Å². The summed E-state index contributed by atoms with van der Waals surface area (Å²) in [5.41, 5.74) is 4.17. The minimum atomic E-state index is -0.425. The first kappa shape index (κ1) is 18.5. The third-order valence-electron chi connectivity index (χ3n) is 4.45. The zero-order valence-corrected chi connectivity index (χ0v) is 15.8. The van der Waals surface area contributed by atoms with E-state index in [-0.39, 0.29) is 18.1 Å². The molecular formula is C21H23N3O3. The molecule has 0 radical (unpaired) electrons. The van der Waals surface area contributed by atoms with Gasteiger partial charge in [-0.15, -0.1) is 6.58 Å². The van der Waals surface area contributed by atoms with Crippen molar-refractivity contribution >= 4 is 18.0 Å². The molecule has 0 saturated carbocycles. The number of urea groups is 1. The van der Waals surface area contributed by atoms with Crippen molar-refractivity contribution < 1.29 is 14.3 Å². The normalized spacial score (nSPS) is 15.4. The highest BCUT2D eigenvalue weighted by Crippen LogP contribution is 2.25. The minimum absolute atomic E-state index is 0.188. The lowest BCUT2D eigenvalue weighted by Gasteiger charge is -2.11. The lowest BCUT2D eigenvalue weighted by Crippen LogP contribution is -2.30. The first-order valence-electron chi connectivity index (χ1n) is 8.83. The van der Waals surface area contributed by atoms with E-state index in [0.29, 0.717) is 6.61 Å². The van der Waals surface area contributed by atoms with Gasteiger partial charge in [-0.05, 0) is 62.7 Å². The molecule has 0 aliphatic carbocycles. The summed E-state index contributed by atoms with van der Waals surface area (Å²) in [6.07, 6.45) is 3.24. The second-order valence-electron chi connectivity index (χ2n) is 6.28. The maximum Gasteiger partial charge on any atom is 0.329 e. The molecule has 0 bridgehead atoms. The highest BCUT2D eigenvalue weighted by Gasteiger charge is 2.32. The van der Waals surface area contributed by atoms with Gasteiger partial charge in [0.25, 0.3) is 5.91 Å². The summed E-state index contributed by atoms with van der Waals surface area (Å²) < 4.78 is 7.60. The van der Waals surface area contributed by atoms with Crippen LogP contribution in [0.25, 0.3) is 11.8 Å². The average molecular weight is 365 g/mol. The largest absolute Gasteiger partial charge is 0.494 e. The predicted octanol–water partition coefficient (Wildman–Crippen LogP) is 3.57. The maximum atomic E-state index is 12.4. The molecular weight excluding hydrogens is 342 g/mol. The summed E-state index contributed by atoms with van der Waals surface area (Å²) in [5.74, 6) is 0.485. The fourth-order valence-electron chi connectivity index (χ4n) is 3.21. The molecule has 2 heterocycles. The van der Waals surface area contributed by atoms with Crippen LogP contribution < -0.4 is 10.1 Å². The van der Waals surface area contributed by atoms with Crippen molar-refractivity contribution in [2.75, 3.05) is 13.2 Å². The van der Waals surface area contributed by atoms with Crippen molar-refractivity contribution in [2.24, 2.45) is 0 Å². The fraction of sp³-hybridized carbons (Fsp3) is 0.238. The van der Waals surface area contributed by atoms with E-state index in [4.69, 9.17) is 4.74 Å². The SMILES string of the molecule is C=CCN1C(=O)N/C(=C/c2cc(C)n(-c3ccc(OCC)cc3)c2C)C1=O. The molecule has 27 heavy (non-hydrogen) atoms. The molecule has 2 aromatic rings. The predicted molar refractivity (Wildman–Crippen MR) is 105 cm³/mol. The van der Waals surface area contributed by atoms with Gasteiger partial charge in [0.2, 0.25) is 0 Å². The Labute approximate surface area is 158 Å². The van der Waals surface area contributed by atoms with Gasteiger partial charge in [-0.2, -0.15) is 0 Å². The number of imide groups is 1.